The lowest BCUT2D eigenvalue weighted by Crippen LogP contribution is -2.50. The third-order valence-electron chi connectivity index (χ3n) is 4.46. The van der Waals surface area contributed by atoms with Crippen molar-refractivity contribution >= 4 is 29.1 Å². The van der Waals surface area contributed by atoms with E-state index in [0.717, 1.165) is 11.1 Å². The largest absolute Gasteiger partial charge is 0.495 e. The number of ether oxygens (including phenoxy) is 1. The average Bonchev–Trinajstić information content (AvgIpc) is 2.61. The summed E-state index contributed by atoms with van der Waals surface area (Å²) in [5.41, 5.74) is 8.23. The number of nitrogens with zero attached hydrogens (tertiary/aromatic N) is 1. The van der Waals surface area contributed by atoms with Gasteiger partial charge in [0, 0.05) is 11.6 Å². The molecule has 1 heterocycles. The summed E-state index contributed by atoms with van der Waals surface area (Å²) in [5, 5.41) is 3.28. The SMILES string of the molecule is COc1ccc(Cl)cc1NC(=O)CN1Cc2ccccc2C[C@H]1C(N)=O. The van der Waals surface area contributed by atoms with Gasteiger partial charge in [-0.25, -0.2) is 0 Å². The molecule has 0 aliphatic carbocycles. The predicted molar refractivity (Wildman–Crippen MR) is 100 cm³/mol. The van der Waals surface area contributed by atoms with Crippen molar-refractivity contribution in [2.24, 2.45) is 5.73 Å². The van der Waals surface area contributed by atoms with Crippen LogP contribution in [0.4, 0.5) is 5.69 Å². The number of fused-ring (bicyclic) bond motifs is 1. The number of nitrogens with one attached hydrogen (secondary N) is 1. The van der Waals surface area contributed by atoms with Gasteiger partial charge in [0.2, 0.25) is 11.8 Å². The standard InChI is InChI=1S/C19H20ClN3O3/c1-26-17-7-6-14(20)9-15(17)22-18(24)11-23-10-13-5-3-2-4-12(13)8-16(23)19(21)25/h2-7,9,16H,8,10-11H2,1H3,(H2,21,25)(H,22,24)/t16-/m0/s1. The number of anilines is 1. The van der Waals surface area contributed by atoms with Gasteiger partial charge < -0.3 is 15.8 Å². The van der Waals surface area contributed by atoms with Crippen molar-refractivity contribution < 1.29 is 14.3 Å². The van der Waals surface area contributed by atoms with Gasteiger partial charge in [0.15, 0.2) is 0 Å². The van der Waals surface area contributed by atoms with Crippen LogP contribution in [-0.4, -0.2) is 36.4 Å². The van der Waals surface area contributed by atoms with Gasteiger partial charge in [0.05, 0.1) is 25.4 Å². The number of primary amides is 1. The third-order valence-corrected chi connectivity index (χ3v) is 4.69. The van der Waals surface area contributed by atoms with Crippen molar-refractivity contribution in [3.8, 4) is 5.75 Å². The predicted octanol–water partition coefficient (Wildman–Crippen LogP) is 2.20. The molecule has 2 aromatic rings. The Labute approximate surface area is 156 Å². The molecule has 3 N–H and O–H groups in total. The van der Waals surface area contributed by atoms with E-state index in [1.807, 2.05) is 24.3 Å². The number of amides is 2. The summed E-state index contributed by atoms with van der Waals surface area (Å²) in [4.78, 5) is 26.2. The van der Waals surface area contributed by atoms with Crippen LogP contribution in [0.2, 0.25) is 5.02 Å². The van der Waals surface area contributed by atoms with Gasteiger partial charge in [-0.1, -0.05) is 35.9 Å². The minimum Gasteiger partial charge on any atom is -0.495 e. The molecule has 26 heavy (non-hydrogen) atoms. The zero-order valence-corrected chi connectivity index (χ0v) is 15.1. The first-order chi connectivity index (χ1) is 12.5. The Morgan fingerprint density at radius 2 is 2.00 bits per heavy atom. The van der Waals surface area contributed by atoms with Crippen molar-refractivity contribution in [3.63, 3.8) is 0 Å². The van der Waals surface area contributed by atoms with Gasteiger partial charge in [-0.3, -0.25) is 14.5 Å². The van der Waals surface area contributed by atoms with Crippen LogP contribution >= 0.6 is 11.6 Å². The van der Waals surface area contributed by atoms with Crippen LogP contribution in [0, 0.1) is 0 Å². The Hall–Kier alpha value is -2.57. The first kappa shape index (κ1) is 18.2. The number of rotatable bonds is 5. The van der Waals surface area contributed by atoms with Crippen LogP contribution in [0.15, 0.2) is 42.5 Å². The molecule has 0 saturated carbocycles. The number of benzene rings is 2. The Morgan fingerprint density at radius 1 is 1.27 bits per heavy atom. The van der Waals surface area contributed by atoms with Crippen LogP contribution in [0.25, 0.3) is 0 Å². The lowest BCUT2D eigenvalue weighted by Gasteiger charge is -2.34. The van der Waals surface area contributed by atoms with Crippen LogP contribution in [0.5, 0.6) is 5.75 Å². The van der Waals surface area contributed by atoms with E-state index in [4.69, 9.17) is 22.1 Å². The van der Waals surface area contributed by atoms with E-state index >= 15 is 0 Å². The Kier molecular flexibility index (Phi) is 5.44. The van der Waals surface area contributed by atoms with E-state index in [9.17, 15) is 9.59 Å². The molecule has 2 aromatic carbocycles. The Bertz CT molecular complexity index is 841. The average molecular weight is 374 g/mol. The topological polar surface area (TPSA) is 84.7 Å². The zero-order chi connectivity index (χ0) is 18.7. The van der Waals surface area contributed by atoms with Gasteiger partial charge in [-0.2, -0.15) is 0 Å². The highest BCUT2D eigenvalue weighted by Crippen LogP contribution is 2.28. The second kappa shape index (κ2) is 7.76. The molecule has 0 radical (unpaired) electrons. The van der Waals surface area contributed by atoms with Crippen molar-refractivity contribution in [2.45, 2.75) is 19.0 Å². The fourth-order valence-corrected chi connectivity index (χ4v) is 3.35. The van der Waals surface area contributed by atoms with E-state index in [1.165, 1.54) is 7.11 Å². The maximum Gasteiger partial charge on any atom is 0.238 e. The number of methoxy groups -OCH3 is 1. The number of carbonyl (C=O) groups excluding carboxylic acids is 2. The highest BCUT2D eigenvalue weighted by atomic mass is 35.5. The smallest absolute Gasteiger partial charge is 0.238 e. The molecule has 0 spiro atoms. The quantitative estimate of drug-likeness (QED) is 0.841. The number of hydrogen-bond acceptors (Lipinski definition) is 4. The van der Waals surface area contributed by atoms with E-state index in [2.05, 4.69) is 5.32 Å². The summed E-state index contributed by atoms with van der Waals surface area (Å²) in [5.74, 6) is -0.193. The maximum atomic E-state index is 12.5. The molecule has 2 amide bonds. The Morgan fingerprint density at radius 3 is 2.69 bits per heavy atom. The molecule has 0 bridgehead atoms. The highest BCUT2D eigenvalue weighted by molar-refractivity contribution is 6.31. The summed E-state index contributed by atoms with van der Waals surface area (Å²) >= 11 is 5.99. The molecule has 3 rings (SSSR count). The summed E-state index contributed by atoms with van der Waals surface area (Å²) in [6.45, 7) is 0.529. The first-order valence-electron chi connectivity index (χ1n) is 8.21. The zero-order valence-electron chi connectivity index (χ0n) is 14.4. The van der Waals surface area contributed by atoms with Gasteiger partial charge >= 0.3 is 0 Å². The minimum absolute atomic E-state index is 0.0393. The second-order valence-corrected chi connectivity index (χ2v) is 6.63. The van der Waals surface area contributed by atoms with Crippen LogP contribution in [0.3, 0.4) is 0 Å². The van der Waals surface area contributed by atoms with Gasteiger partial charge in [-0.05, 0) is 35.7 Å². The highest BCUT2D eigenvalue weighted by Gasteiger charge is 2.31. The van der Waals surface area contributed by atoms with Crippen molar-refractivity contribution in [1.29, 1.82) is 0 Å². The Balaban J connectivity index is 1.75. The molecule has 136 valence electrons. The molecular weight excluding hydrogens is 354 g/mol. The first-order valence-corrected chi connectivity index (χ1v) is 8.59. The number of halogens is 1. The summed E-state index contributed by atoms with van der Waals surface area (Å²) in [6.07, 6.45) is 0.499. The fourth-order valence-electron chi connectivity index (χ4n) is 3.18. The van der Waals surface area contributed by atoms with E-state index < -0.39 is 11.9 Å². The van der Waals surface area contributed by atoms with E-state index in [1.54, 1.807) is 23.1 Å². The monoisotopic (exact) mass is 373 g/mol. The van der Waals surface area contributed by atoms with Gasteiger partial charge in [-0.15, -0.1) is 0 Å². The van der Waals surface area contributed by atoms with Crippen LogP contribution in [0.1, 0.15) is 11.1 Å². The van der Waals surface area contributed by atoms with Crippen molar-refractivity contribution in [3.05, 3.63) is 58.6 Å². The van der Waals surface area contributed by atoms with Gasteiger partial charge in [0.1, 0.15) is 5.75 Å². The summed E-state index contributed by atoms with van der Waals surface area (Å²) in [7, 11) is 1.52. The lowest BCUT2D eigenvalue weighted by molar-refractivity contribution is -0.125. The van der Waals surface area contributed by atoms with Crippen LogP contribution in [-0.2, 0) is 22.6 Å². The molecule has 0 saturated heterocycles. The molecule has 0 fully saturated rings. The molecule has 0 unspecified atom stereocenters. The number of carbonyl (C=O) groups is 2. The van der Waals surface area contributed by atoms with Crippen molar-refractivity contribution in [1.82, 2.24) is 4.90 Å². The molecule has 1 atom stereocenters. The molecule has 0 aromatic heterocycles. The van der Waals surface area contributed by atoms with Crippen LogP contribution < -0.4 is 15.8 Å². The van der Waals surface area contributed by atoms with E-state index in [0.29, 0.717) is 29.4 Å². The molecule has 7 heteroatoms. The molecule has 6 nitrogen and oxygen atoms in total. The number of nitrogens with two attached hydrogens (primary N) is 1. The third kappa shape index (κ3) is 3.98. The molecule has 1 aliphatic heterocycles. The molecule has 1 aliphatic rings. The lowest BCUT2D eigenvalue weighted by atomic mass is 9.93. The normalized spacial score (nSPS) is 16.6. The van der Waals surface area contributed by atoms with Crippen molar-refractivity contribution in [2.75, 3.05) is 19.0 Å². The summed E-state index contributed by atoms with van der Waals surface area (Å²) in [6, 6.07) is 12.3. The minimum atomic E-state index is -0.517. The maximum absolute atomic E-state index is 12.5. The molecular formula is C19H20ClN3O3. The number of hydrogen-bond donors (Lipinski definition) is 2. The fraction of sp³-hybridized carbons (Fsp3) is 0.263. The summed E-state index contributed by atoms with van der Waals surface area (Å²) < 4.78 is 5.24. The van der Waals surface area contributed by atoms with Gasteiger partial charge in [0.25, 0.3) is 0 Å². The van der Waals surface area contributed by atoms with E-state index in [-0.39, 0.29) is 12.5 Å². The second-order valence-electron chi connectivity index (χ2n) is 6.19.